The summed E-state index contributed by atoms with van der Waals surface area (Å²) in [7, 11) is 5.65. The summed E-state index contributed by atoms with van der Waals surface area (Å²) in [5, 5.41) is 5.96. The molecule has 0 radical (unpaired) electrons. The van der Waals surface area contributed by atoms with Gasteiger partial charge < -0.3 is 20.3 Å². The zero-order valence-corrected chi connectivity index (χ0v) is 12.1. The highest BCUT2D eigenvalue weighted by molar-refractivity contribution is 5.92. The van der Waals surface area contributed by atoms with E-state index in [1.807, 2.05) is 38.4 Å². The van der Waals surface area contributed by atoms with Crippen LogP contribution < -0.4 is 15.4 Å². The number of hydrogen-bond donors (Lipinski definition) is 2. The lowest BCUT2D eigenvalue weighted by molar-refractivity contribution is -0.115. The summed E-state index contributed by atoms with van der Waals surface area (Å²) in [6, 6.07) is 7.67. The number of likely N-dealkylation sites (N-methyl/N-ethyl adjacent to an activating group) is 1. The van der Waals surface area contributed by atoms with Gasteiger partial charge in [0.2, 0.25) is 5.91 Å². The minimum atomic E-state index is -0.0453. The highest BCUT2D eigenvalue weighted by Gasteiger charge is 2.06. The van der Waals surface area contributed by atoms with Gasteiger partial charge in [-0.1, -0.05) is 0 Å². The fourth-order valence-corrected chi connectivity index (χ4v) is 1.46. The molecule has 0 heterocycles. The molecular formula is C14H23N3O2. The number of benzene rings is 1. The van der Waals surface area contributed by atoms with Crippen molar-refractivity contribution in [3.8, 4) is 5.75 Å². The Kier molecular flexibility index (Phi) is 6.32. The van der Waals surface area contributed by atoms with Crippen molar-refractivity contribution in [1.29, 1.82) is 0 Å². The molecule has 0 bridgehead atoms. The number of carbonyl (C=O) groups excluding carboxylic acids is 1. The molecule has 0 aliphatic rings. The van der Waals surface area contributed by atoms with Crippen LogP contribution in [-0.4, -0.2) is 51.1 Å². The van der Waals surface area contributed by atoms with E-state index in [0.29, 0.717) is 12.6 Å². The number of nitrogens with zero attached hydrogens (tertiary/aromatic N) is 1. The van der Waals surface area contributed by atoms with E-state index < -0.39 is 0 Å². The van der Waals surface area contributed by atoms with Gasteiger partial charge in [0.25, 0.3) is 0 Å². The second-order valence-corrected chi connectivity index (χ2v) is 4.72. The van der Waals surface area contributed by atoms with Crippen LogP contribution in [0.1, 0.15) is 6.92 Å². The van der Waals surface area contributed by atoms with Crippen LogP contribution in [0.5, 0.6) is 5.75 Å². The van der Waals surface area contributed by atoms with Crippen LogP contribution in [0, 0.1) is 0 Å². The second kappa shape index (κ2) is 7.76. The smallest absolute Gasteiger partial charge is 0.238 e. The van der Waals surface area contributed by atoms with Gasteiger partial charge in [0, 0.05) is 18.3 Å². The van der Waals surface area contributed by atoms with E-state index in [-0.39, 0.29) is 5.91 Å². The molecule has 1 rings (SSSR count). The lowest BCUT2D eigenvalue weighted by Crippen LogP contribution is -2.38. The zero-order chi connectivity index (χ0) is 14.3. The highest BCUT2D eigenvalue weighted by Crippen LogP contribution is 2.14. The molecular weight excluding hydrogens is 242 g/mol. The molecule has 1 aromatic rings. The van der Waals surface area contributed by atoms with E-state index in [0.717, 1.165) is 18.0 Å². The first-order valence-corrected chi connectivity index (χ1v) is 6.34. The fourth-order valence-electron chi connectivity index (χ4n) is 1.46. The molecule has 2 N–H and O–H groups in total. The van der Waals surface area contributed by atoms with E-state index >= 15 is 0 Å². The van der Waals surface area contributed by atoms with Crippen molar-refractivity contribution >= 4 is 11.6 Å². The van der Waals surface area contributed by atoms with Crippen molar-refractivity contribution < 1.29 is 9.53 Å². The number of nitrogens with one attached hydrogen (secondary N) is 2. The molecule has 0 aromatic heterocycles. The Morgan fingerprint density at radius 2 is 1.95 bits per heavy atom. The summed E-state index contributed by atoms with van der Waals surface area (Å²) in [5.74, 6) is 0.729. The van der Waals surface area contributed by atoms with Crippen molar-refractivity contribution in [1.82, 2.24) is 10.2 Å². The van der Waals surface area contributed by atoms with Crippen LogP contribution in [-0.2, 0) is 4.79 Å². The molecule has 1 amide bonds. The van der Waals surface area contributed by atoms with Gasteiger partial charge in [-0.15, -0.1) is 0 Å². The van der Waals surface area contributed by atoms with Gasteiger partial charge >= 0.3 is 0 Å². The molecule has 19 heavy (non-hydrogen) atoms. The average molecular weight is 265 g/mol. The molecule has 0 saturated carbocycles. The Balaban J connectivity index is 2.30. The monoisotopic (exact) mass is 265 g/mol. The quantitative estimate of drug-likeness (QED) is 0.777. The number of hydrogen-bond acceptors (Lipinski definition) is 4. The Morgan fingerprint density at radius 1 is 1.32 bits per heavy atom. The Morgan fingerprint density at radius 3 is 2.47 bits per heavy atom. The maximum atomic E-state index is 11.7. The largest absolute Gasteiger partial charge is 0.497 e. The normalized spacial score (nSPS) is 12.3. The van der Waals surface area contributed by atoms with Crippen molar-refractivity contribution in [2.75, 3.05) is 39.6 Å². The molecule has 0 aliphatic heterocycles. The lowest BCUT2D eigenvalue weighted by atomic mass is 10.3. The summed E-state index contributed by atoms with van der Waals surface area (Å²) in [4.78, 5) is 13.8. The van der Waals surface area contributed by atoms with E-state index in [1.54, 1.807) is 7.11 Å². The molecule has 0 fully saturated rings. The third-order valence-corrected chi connectivity index (χ3v) is 2.98. The van der Waals surface area contributed by atoms with Crippen molar-refractivity contribution in [3.63, 3.8) is 0 Å². The van der Waals surface area contributed by atoms with Gasteiger partial charge in [-0.2, -0.15) is 0 Å². The molecule has 0 aliphatic carbocycles. The molecule has 0 spiro atoms. The number of amides is 1. The van der Waals surface area contributed by atoms with Gasteiger partial charge in [-0.05, 0) is 45.3 Å². The molecule has 1 atom stereocenters. The van der Waals surface area contributed by atoms with Gasteiger partial charge in [0.15, 0.2) is 0 Å². The summed E-state index contributed by atoms with van der Waals surface area (Å²) >= 11 is 0. The van der Waals surface area contributed by atoms with Crippen LogP contribution in [0.2, 0.25) is 0 Å². The summed E-state index contributed by atoms with van der Waals surface area (Å²) < 4.78 is 5.06. The molecule has 0 saturated heterocycles. The predicted molar refractivity (Wildman–Crippen MR) is 77.6 cm³/mol. The third kappa shape index (κ3) is 5.72. The van der Waals surface area contributed by atoms with Crippen molar-refractivity contribution in [3.05, 3.63) is 24.3 Å². The number of anilines is 1. The average Bonchev–Trinajstić information content (AvgIpc) is 2.39. The van der Waals surface area contributed by atoms with Crippen LogP contribution >= 0.6 is 0 Å². The Bertz CT molecular complexity index is 390. The summed E-state index contributed by atoms with van der Waals surface area (Å²) in [5.41, 5.74) is 0.772. The Labute approximate surface area is 114 Å². The first-order chi connectivity index (χ1) is 9.02. The van der Waals surface area contributed by atoms with E-state index in [1.165, 1.54) is 0 Å². The van der Waals surface area contributed by atoms with E-state index in [2.05, 4.69) is 22.5 Å². The standard InChI is InChI=1S/C14H23N3O2/c1-11(17(2)3)9-15-10-14(18)16-12-5-7-13(19-4)8-6-12/h5-8,11,15H,9-10H2,1-4H3,(H,16,18). The molecule has 5 heteroatoms. The van der Waals surface area contributed by atoms with Crippen molar-refractivity contribution in [2.45, 2.75) is 13.0 Å². The first kappa shape index (κ1) is 15.5. The third-order valence-electron chi connectivity index (χ3n) is 2.98. The number of carbonyl (C=O) groups is 1. The zero-order valence-electron chi connectivity index (χ0n) is 12.1. The molecule has 1 unspecified atom stereocenters. The summed E-state index contributed by atoms with van der Waals surface area (Å²) in [6.45, 7) is 3.20. The van der Waals surface area contributed by atoms with Gasteiger partial charge in [0.05, 0.1) is 13.7 Å². The number of ether oxygens (including phenoxy) is 1. The van der Waals surface area contributed by atoms with Crippen molar-refractivity contribution in [2.24, 2.45) is 0 Å². The highest BCUT2D eigenvalue weighted by atomic mass is 16.5. The maximum Gasteiger partial charge on any atom is 0.238 e. The summed E-state index contributed by atoms with van der Waals surface area (Å²) in [6.07, 6.45) is 0. The maximum absolute atomic E-state index is 11.7. The number of rotatable bonds is 7. The Hall–Kier alpha value is -1.59. The van der Waals surface area contributed by atoms with Crippen LogP contribution in [0.15, 0.2) is 24.3 Å². The van der Waals surface area contributed by atoms with Crippen LogP contribution in [0.25, 0.3) is 0 Å². The van der Waals surface area contributed by atoms with E-state index in [4.69, 9.17) is 4.74 Å². The van der Waals surface area contributed by atoms with Crippen LogP contribution in [0.4, 0.5) is 5.69 Å². The minimum Gasteiger partial charge on any atom is -0.497 e. The van der Waals surface area contributed by atoms with Gasteiger partial charge in [0.1, 0.15) is 5.75 Å². The van der Waals surface area contributed by atoms with Gasteiger partial charge in [-0.3, -0.25) is 4.79 Å². The SMILES string of the molecule is COc1ccc(NC(=O)CNCC(C)N(C)C)cc1. The topological polar surface area (TPSA) is 53.6 Å². The number of methoxy groups -OCH3 is 1. The fraction of sp³-hybridized carbons (Fsp3) is 0.500. The predicted octanol–water partition coefficient (Wildman–Crippen LogP) is 1.17. The van der Waals surface area contributed by atoms with Crippen LogP contribution in [0.3, 0.4) is 0 Å². The van der Waals surface area contributed by atoms with Gasteiger partial charge in [-0.25, -0.2) is 0 Å². The lowest BCUT2D eigenvalue weighted by Gasteiger charge is -2.19. The second-order valence-electron chi connectivity index (χ2n) is 4.72. The molecule has 106 valence electrons. The molecule has 5 nitrogen and oxygen atoms in total. The first-order valence-electron chi connectivity index (χ1n) is 6.34. The molecule has 1 aromatic carbocycles. The van der Waals surface area contributed by atoms with E-state index in [9.17, 15) is 4.79 Å². The minimum absolute atomic E-state index is 0.0453.